The van der Waals surface area contributed by atoms with Crippen molar-refractivity contribution < 1.29 is 14.6 Å². The minimum Gasteiger partial charge on any atom is -0.494 e. The maximum Gasteiger partial charge on any atom is 0.357 e. The highest BCUT2D eigenvalue weighted by atomic mass is 16.5. The van der Waals surface area contributed by atoms with E-state index in [0.717, 1.165) is 10.1 Å². The molecule has 1 aliphatic heterocycles. The van der Waals surface area contributed by atoms with Gasteiger partial charge in [-0.15, -0.1) is 0 Å². The van der Waals surface area contributed by atoms with E-state index in [4.69, 9.17) is 4.74 Å². The van der Waals surface area contributed by atoms with Crippen molar-refractivity contribution >= 4 is 29.0 Å². The predicted octanol–water partition coefficient (Wildman–Crippen LogP) is 2.34. The van der Waals surface area contributed by atoms with Gasteiger partial charge < -0.3 is 9.84 Å². The molecule has 30 heavy (non-hydrogen) atoms. The number of aryl methyl sites for hydroxylation is 1. The zero-order valence-corrected chi connectivity index (χ0v) is 16.2. The molecule has 2 N–H and O–H groups in total. The second-order valence-electron chi connectivity index (χ2n) is 6.69. The van der Waals surface area contributed by atoms with E-state index in [1.54, 1.807) is 48.5 Å². The Morgan fingerprint density at radius 1 is 1.13 bits per heavy atom. The number of nitrogens with one attached hydrogen (secondary N) is 1. The fourth-order valence-electron chi connectivity index (χ4n) is 3.25. The van der Waals surface area contributed by atoms with Gasteiger partial charge in [-0.05, 0) is 31.2 Å². The number of rotatable bonds is 3. The fourth-order valence-corrected chi connectivity index (χ4v) is 3.25. The van der Waals surface area contributed by atoms with Crippen molar-refractivity contribution in [2.45, 2.75) is 6.92 Å². The molecule has 2 aromatic carbocycles. The molecule has 0 saturated carbocycles. The first-order chi connectivity index (χ1) is 14.4. The van der Waals surface area contributed by atoms with Crippen LogP contribution in [0.25, 0.3) is 17.3 Å². The van der Waals surface area contributed by atoms with E-state index in [1.165, 1.54) is 13.2 Å². The monoisotopic (exact) mass is 403 g/mol. The number of ether oxygens (including phenoxy) is 1. The summed E-state index contributed by atoms with van der Waals surface area (Å²) < 4.78 is 5.79. The van der Waals surface area contributed by atoms with Gasteiger partial charge in [0.05, 0.1) is 18.5 Å². The van der Waals surface area contributed by atoms with E-state index in [9.17, 15) is 19.5 Å². The Bertz CT molecular complexity index is 1340. The molecule has 150 valence electrons. The quantitative estimate of drug-likeness (QED) is 0.652. The number of aliphatic imine (C=N–C) groups is 1. The molecule has 8 nitrogen and oxygen atoms in total. The van der Waals surface area contributed by atoms with E-state index >= 15 is 0 Å². The number of esters is 1. The van der Waals surface area contributed by atoms with Gasteiger partial charge in [-0.3, -0.25) is 9.78 Å². The number of aromatic hydroxyl groups is 1. The predicted molar refractivity (Wildman–Crippen MR) is 112 cm³/mol. The Balaban J connectivity index is 1.96. The second-order valence-corrected chi connectivity index (χ2v) is 6.69. The van der Waals surface area contributed by atoms with Gasteiger partial charge in [0.2, 0.25) is 5.88 Å². The van der Waals surface area contributed by atoms with Crippen molar-refractivity contribution in [1.29, 1.82) is 0 Å². The van der Waals surface area contributed by atoms with Crippen molar-refractivity contribution in [3.05, 3.63) is 86.1 Å². The van der Waals surface area contributed by atoms with Crippen LogP contribution in [0.15, 0.2) is 63.1 Å². The molecule has 0 bridgehead atoms. The van der Waals surface area contributed by atoms with Gasteiger partial charge in [0.15, 0.2) is 5.71 Å². The lowest BCUT2D eigenvalue weighted by atomic mass is 10.0. The number of aromatic nitrogens is 2. The van der Waals surface area contributed by atoms with Crippen LogP contribution in [0.2, 0.25) is 0 Å². The molecule has 0 atom stereocenters. The van der Waals surface area contributed by atoms with Gasteiger partial charge in [0.1, 0.15) is 5.56 Å². The number of para-hydroxylation sites is 1. The lowest BCUT2D eigenvalue weighted by molar-refractivity contribution is -0.132. The molecule has 4 rings (SSSR count). The van der Waals surface area contributed by atoms with Crippen molar-refractivity contribution in [1.82, 2.24) is 9.55 Å². The summed E-state index contributed by atoms with van der Waals surface area (Å²) in [5.74, 6) is -1.23. The van der Waals surface area contributed by atoms with E-state index in [1.807, 2.05) is 6.92 Å². The van der Waals surface area contributed by atoms with Crippen LogP contribution in [0.1, 0.15) is 16.7 Å². The van der Waals surface area contributed by atoms with E-state index in [-0.39, 0.29) is 11.3 Å². The maximum atomic E-state index is 12.5. The summed E-state index contributed by atoms with van der Waals surface area (Å²) in [6.07, 6.45) is 1.33. The molecule has 1 aliphatic rings. The van der Waals surface area contributed by atoms with Gasteiger partial charge >= 0.3 is 11.7 Å². The molecule has 3 aromatic rings. The zero-order chi connectivity index (χ0) is 21.4. The van der Waals surface area contributed by atoms with E-state index < -0.39 is 23.1 Å². The largest absolute Gasteiger partial charge is 0.494 e. The molecular formula is C22H17N3O5. The first-order valence-corrected chi connectivity index (χ1v) is 9.04. The third-order valence-electron chi connectivity index (χ3n) is 4.76. The molecule has 2 heterocycles. The molecule has 0 spiro atoms. The summed E-state index contributed by atoms with van der Waals surface area (Å²) in [5, 5.41) is 10.8. The molecule has 0 fully saturated rings. The average molecular weight is 403 g/mol. The van der Waals surface area contributed by atoms with Gasteiger partial charge in [-0.25, -0.2) is 19.1 Å². The minimum absolute atomic E-state index is 0.00517. The van der Waals surface area contributed by atoms with Crippen LogP contribution < -0.4 is 11.2 Å². The maximum absolute atomic E-state index is 12.5. The van der Waals surface area contributed by atoms with E-state index in [2.05, 4.69) is 9.98 Å². The highest BCUT2D eigenvalue weighted by Crippen LogP contribution is 2.36. The Labute approximate surface area is 170 Å². The van der Waals surface area contributed by atoms with Gasteiger partial charge in [-0.1, -0.05) is 35.9 Å². The van der Waals surface area contributed by atoms with Crippen LogP contribution >= 0.6 is 0 Å². The smallest absolute Gasteiger partial charge is 0.357 e. The number of carbonyl (C=O) groups is 1. The number of aromatic amines is 1. The summed E-state index contributed by atoms with van der Waals surface area (Å²) in [6.45, 7) is 1.89. The standard InChI is InChI=1S/C22H17N3O5/c1-12-7-9-13(10-8-12)25-20(27)16(19(26)24-22(25)29)11-15-14-5-3-4-6-17(14)23-18(15)21(28)30-2/h3-11,27H,1-2H3,(H,24,26,29)/b15-11+. The van der Waals surface area contributed by atoms with Crippen LogP contribution in [0, 0.1) is 6.92 Å². The molecule has 0 unspecified atom stereocenters. The highest BCUT2D eigenvalue weighted by Gasteiger charge is 2.28. The van der Waals surface area contributed by atoms with Crippen LogP contribution in [0.3, 0.4) is 0 Å². The molecule has 1 aromatic heterocycles. The van der Waals surface area contributed by atoms with Crippen molar-refractivity contribution in [3.8, 4) is 11.6 Å². The Kier molecular flexibility index (Phi) is 4.67. The Morgan fingerprint density at radius 3 is 2.53 bits per heavy atom. The van der Waals surface area contributed by atoms with Gasteiger partial charge in [0.25, 0.3) is 5.56 Å². The van der Waals surface area contributed by atoms with Crippen molar-refractivity contribution in [2.75, 3.05) is 7.11 Å². The topological polar surface area (TPSA) is 114 Å². The number of H-pyrrole nitrogens is 1. The summed E-state index contributed by atoms with van der Waals surface area (Å²) in [6, 6.07) is 13.8. The molecule has 0 radical (unpaired) electrons. The third kappa shape index (κ3) is 3.14. The zero-order valence-electron chi connectivity index (χ0n) is 16.2. The lowest BCUT2D eigenvalue weighted by Crippen LogP contribution is -2.30. The first-order valence-electron chi connectivity index (χ1n) is 9.04. The summed E-state index contributed by atoms with van der Waals surface area (Å²) >= 11 is 0. The number of fused-ring (bicyclic) bond motifs is 1. The molecule has 0 aliphatic carbocycles. The molecule has 0 amide bonds. The number of nitrogens with zero attached hydrogens (tertiary/aromatic N) is 2. The normalized spacial score (nSPS) is 13.8. The highest BCUT2D eigenvalue weighted by molar-refractivity contribution is 6.58. The minimum atomic E-state index is -0.790. The van der Waals surface area contributed by atoms with Crippen molar-refractivity contribution in [2.24, 2.45) is 4.99 Å². The van der Waals surface area contributed by atoms with Crippen LogP contribution in [0.5, 0.6) is 5.88 Å². The summed E-state index contributed by atoms with van der Waals surface area (Å²) in [7, 11) is 1.23. The number of benzene rings is 2. The lowest BCUT2D eigenvalue weighted by Gasteiger charge is -2.11. The number of hydrogen-bond acceptors (Lipinski definition) is 6. The Hall–Kier alpha value is -4.20. The van der Waals surface area contributed by atoms with Crippen molar-refractivity contribution in [3.63, 3.8) is 0 Å². The number of hydrogen-bond donors (Lipinski definition) is 2. The molecule has 8 heteroatoms. The fraction of sp³-hybridized carbons (Fsp3) is 0.0909. The second kappa shape index (κ2) is 7.32. The first kappa shape index (κ1) is 19.1. The van der Waals surface area contributed by atoms with Crippen LogP contribution in [-0.2, 0) is 9.53 Å². The molecular weight excluding hydrogens is 386 g/mol. The molecule has 0 saturated heterocycles. The number of methoxy groups -OCH3 is 1. The van der Waals surface area contributed by atoms with Gasteiger partial charge in [-0.2, -0.15) is 0 Å². The van der Waals surface area contributed by atoms with Crippen LogP contribution in [0.4, 0.5) is 5.69 Å². The number of carbonyl (C=O) groups excluding carboxylic acids is 1. The van der Waals surface area contributed by atoms with Crippen LogP contribution in [-0.4, -0.2) is 33.4 Å². The average Bonchev–Trinajstić information content (AvgIpc) is 3.10. The van der Waals surface area contributed by atoms with E-state index in [0.29, 0.717) is 22.5 Å². The summed E-state index contributed by atoms with van der Waals surface area (Å²) in [4.78, 5) is 43.6. The Morgan fingerprint density at radius 2 is 1.83 bits per heavy atom. The third-order valence-corrected chi connectivity index (χ3v) is 4.76. The summed E-state index contributed by atoms with van der Waals surface area (Å²) in [5.41, 5.74) is 1.06. The SMILES string of the molecule is COC(=O)C1=Nc2ccccc2/C1=C\c1c(O)n(-c2ccc(C)cc2)c(=O)[nH]c1=O. The van der Waals surface area contributed by atoms with Gasteiger partial charge in [0, 0.05) is 11.1 Å².